The predicted octanol–water partition coefficient (Wildman–Crippen LogP) is 3.09. The van der Waals surface area contributed by atoms with Crippen LogP contribution in [0.5, 0.6) is 5.75 Å². The normalized spacial score (nSPS) is 25.1. The second-order valence-corrected chi connectivity index (χ2v) is 9.56. The van der Waals surface area contributed by atoms with Gasteiger partial charge in [0, 0.05) is 31.7 Å². The van der Waals surface area contributed by atoms with Crippen LogP contribution in [-0.4, -0.2) is 80.8 Å². The highest BCUT2D eigenvalue weighted by molar-refractivity contribution is 5.87. The number of aromatic nitrogens is 5. The second kappa shape index (κ2) is 8.77. The van der Waals surface area contributed by atoms with Gasteiger partial charge in [0.2, 0.25) is 0 Å². The number of ether oxygens (including phenoxy) is 4. The van der Waals surface area contributed by atoms with Crippen molar-refractivity contribution in [2.24, 2.45) is 4.99 Å². The van der Waals surface area contributed by atoms with E-state index in [0.29, 0.717) is 17.2 Å². The van der Waals surface area contributed by atoms with Crippen LogP contribution in [0.3, 0.4) is 0 Å². The number of nitrogens with zero attached hydrogens (tertiary/aromatic N) is 7. The Morgan fingerprint density at radius 2 is 2.00 bits per heavy atom. The highest BCUT2D eigenvalue weighted by atomic mass is 16.8. The molecular weight excluding hydrogens is 462 g/mol. The van der Waals surface area contributed by atoms with Crippen LogP contribution in [-0.2, 0) is 14.2 Å². The summed E-state index contributed by atoms with van der Waals surface area (Å²) >= 11 is 0. The van der Waals surface area contributed by atoms with Gasteiger partial charge in [-0.15, -0.1) is 0 Å². The summed E-state index contributed by atoms with van der Waals surface area (Å²) in [6.07, 6.45) is 5.36. The van der Waals surface area contributed by atoms with Crippen LogP contribution in [0.4, 0.5) is 5.82 Å². The van der Waals surface area contributed by atoms with E-state index in [-0.39, 0.29) is 24.9 Å². The summed E-state index contributed by atoms with van der Waals surface area (Å²) in [6, 6.07) is 9.59. The summed E-state index contributed by atoms with van der Waals surface area (Å²) < 4.78 is 27.1. The van der Waals surface area contributed by atoms with E-state index in [1.54, 1.807) is 12.5 Å². The number of rotatable bonds is 6. The van der Waals surface area contributed by atoms with Gasteiger partial charge < -0.3 is 28.4 Å². The molecule has 11 nitrogen and oxygen atoms in total. The fraction of sp³-hybridized carbons (Fsp3) is 0.400. The maximum Gasteiger partial charge on any atom is 0.166 e. The third kappa shape index (κ3) is 4.15. The lowest BCUT2D eigenvalue weighted by molar-refractivity contribution is -0.198. The molecule has 0 N–H and O–H groups in total. The second-order valence-electron chi connectivity index (χ2n) is 9.56. The van der Waals surface area contributed by atoms with Crippen LogP contribution in [0.15, 0.2) is 54.0 Å². The topological polar surface area (TPSA) is 109 Å². The number of hydrogen-bond acceptors (Lipinski definition) is 9. The zero-order chi connectivity index (χ0) is 24.9. The first-order valence-corrected chi connectivity index (χ1v) is 11.8. The molecule has 6 rings (SSSR count). The molecule has 2 aliphatic heterocycles. The Labute approximate surface area is 207 Å². The van der Waals surface area contributed by atoms with E-state index >= 15 is 0 Å². The number of fused-ring (bicyclic) bond motifs is 3. The van der Waals surface area contributed by atoms with Crippen LogP contribution < -0.4 is 4.74 Å². The van der Waals surface area contributed by atoms with E-state index in [4.69, 9.17) is 18.9 Å². The van der Waals surface area contributed by atoms with Crippen molar-refractivity contribution < 1.29 is 18.9 Å². The van der Waals surface area contributed by atoms with Gasteiger partial charge in [0.25, 0.3) is 0 Å². The van der Waals surface area contributed by atoms with E-state index in [1.807, 2.05) is 73.9 Å². The van der Waals surface area contributed by atoms with Gasteiger partial charge in [-0.1, -0.05) is 0 Å². The smallest absolute Gasteiger partial charge is 0.166 e. The maximum absolute atomic E-state index is 6.47. The van der Waals surface area contributed by atoms with E-state index < -0.39 is 12.0 Å². The van der Waals surface area contributed by atoms with Gasteiger partial charge in [-0.05, 0) is 38.1 Å². The molecule has 186 valence electrons. The minimum absolute atomic E-state index is 0.287. The molecule has 0 spiro atoms. The number of aliphatic imine (C=N–C) groups is 1. The lowest BCUT2D eigenvalue weighted by atomic mass is 10.1. The third-order valence-corrected chi connectivity index (χ3v) is 6.20. The summed E-state index contributed by atoms with van der Waals surface area (Å²) in [6.45, 7) is 4.11. The van der Waals surface area contributed by atoms with Gasteiger partial charge in [-0.2, -0.15) is 10.2 Å². The zero-order valence-electron chi connectivity index (χ0n) is 20.5. The zero-order valence-corrected chi connectivity index (χ0v) is 20.5. The largest absolute Gasteiger partial charge is 0.491 e. The molecule has 5 heterocycles. The SMILES string of the molecule is CN(C)C=Nc1ncnc2c1ccn2[C@@H]1O[C@H](COc2ccc3ccnnc3c2)[C@H]2OC(C)(C)O[C@H]21. The first-order chi connectivity index (χ1) is 17.4. The van der Waals surface area contributed by atoms with Crippen molar-refractivity contribution in [2.75, 3.05) is 20.7 Å². The fourth-order valence-electron chi connectivity index (χ4n) is 4.68. The Hall–Kier alpha value is -3.67. The molecule has 2 aliphatic rings. The summed E-state index contributed by atoms with van der Waals surface area (Å²) in [5, 5.41) is 9.94. The van der Waals surface area contributed by atoms with Gasteiger partial charge in [0.15, 0.2) is 17.8 Å². The Morgan fingerprint density at radius 3 is 2.86 bits per heavy atom. The van der Waals surface area contributed by atoms with Gasteiger partial charge in [0.05, 0.1) is 23.4 Å². The van der Waals surface area contributed by atoms with Crippen LogP contribution in [0, 0.1) is 0 Å². The van der Waals surface area contributed by atoms with Crippen LogP contribution >= 0.6 is 0 Å². The average molecular weight is 490 g/mol. The lowest BCUT2D eigenvalue weighted by Crippen LogP contribution is -2.33. The van der Waals surface area contributed by atoms with Crippen molar-refractivity contribution in [3.8, 4) is 5.75 Å². The van der Waals surface area contributed by atoms with Crippen LogP contribution in [0.2, 0.25) is 0 Å². The molecule has 36 heavy (non-hydrogen) atoms. The van der Waals surface area contributed by atoms with Gasteiger partial charge >= 0.3 is 0 Å². The molecule has 4 atom stereocenters. The van der Waals surface area contributed by atoms with E-state index in [1.165, 1.54) is 6.33 Å². The number of hydrogen-bond donors (Lipinski definition) is 0. The molecule has 0 unspecified atom stereocenters. The standard InChI is InChI=1S/C25H27N7O4/c1-25(2)35-20-19(12-33-16-6-5-15-7-9-29-30-18(15)11-16)34-24(21(20)36-25)32-10-8-17-22(28-14-31(3)4)26-13-27-23(17)32/h5-11,13-14,19-21,24H,12H2,1-4H3/t19-,20-,21-,24-/m1/s1. The van der Waals surface area contributed by atoms with Crippen molar-refractivity contribution in [2.45, 2.75) is 44.2 Å². The third-order valence-electron chi connectivity index (χ3n) is 6.20. The fourth-order valence-corrected chi connectivity index (χ4v) is 4.68. The van der Waals surface area contributed by atoms with E-state index in [2.05, 4.69) is 25.2 Å². The van der Waals surface area contributed by atoms with Crippen LogP contribution in [0.1, 0.15) is 20.1 Å². The summed E-state index contributed by atoms with van der Waals surface area (Å²) in [7, 11) is 3.82. The Balaban J connectivity index is 1.27. The molecule has 0 radical (unpaired) electrons. The molecule has 0 saturated carbocycles. The summed E-state index contributed by atoms with van der Waals surface area (Å²) in [5.74, 6) is 0.533. The Morgan fingerprint density at radius 1 is 1.14 bits per heavy atom. The Bertz CT molecular complexity index is 1440. The van der Waals surface area contributed by atoms with Crippen molar-refractivity contribution in [3.63, 3.8) is 0 Å². The van der Waals surface area contributed by atoms with Crippen molar-refractivity contribution in [3.05, 3.63) is 49.1 Å². The molecule has 3 aromatic heterocycles. The monoisotopic (exact) mass is 489 g/mol. The van der Waals surface area contributed by atoms with Gasteiger partial charge in [-0.25, -0.2) is 15.0 Å². The van der Waals surface area contributed by atoms with Crippen molar-refractivity contribution >= 4 is 34.1 Å². The van der Waals surface area contributed by atoms with Gasteiger partial charge in [0.1, 0.15) is 42.6 Å². The molecule has 4 aromatic rings. The Kier molecular flexibility index (Phi) is 5.55. The predicted molar refractivity (Wildman–Crippen MR) is 132 cm³/mol. The van der Waals surface area contributed by atoms with Crippen molar-refractivity contribution in [1.82, 2.24) is 29.6 Å². The molecule has 0 amide bonds. The minimum atomic E-state index is -0.743. The molecule has 0 bridgehead atoms. The van der Waals surface area contributed by atoms with Crippen LogP contribution in [0.25, 0.3) is 21.9 Å². The first kappa shape index (κ1) is 22.8. The molecular formula is C25H27N7O4. The van der Waals surface area contributed by atoms with Gasteiger partial charge in [-0.3, -0.25) is 0 Å². The highest BCUT2D eigenvalue weighted by Crippen LogP contribution is 2.44. The molecule has 1 aromatic carbocycles. The number of benzene rings is 1. The summed E-state index contributed by atoms with van der Waals surface area (Å²) in [5.41, 5.74) is 1.48. The van der Waals surface area contributed by atoms with Crippen molar-refractivity contribution in [1.29, 1.82) is 0 Å². The van der Waals surface area contributed by atoms with E-state index in [9.17, 15) is 0 Å². The minimum Gasteiger partial charge on any atom is -0.491 e. The highest BCUT2D eigenvalue weighted by Gasteiger charge is 2.56. The molecule has 0 aliphatic carbocycles. The molecule has 11 heteroatoms. The lowest BCUT2D eigenvalue weighted by Gasteiger charge is -2.25. The quantitative estimate of drug-likeness (QED) is 0.298. The van der Waals surface area contributed by atoms with E-state index in [0.717, 1.165) is 16.3 Å². The molecule has 2 fully saturated rings. The average Bonchev–Trinajstić information content (AvgIpc) is 3.52. The molecule has 2 saturated heterocycles. The maximum atomic E-state index is 6.47. The summed E-state index contributed by atoms with van der Waals surface area (Å²) in [4.78, 5) is 15.2. The first-order valence-electron chi connectivity index (χ1n) is 11.8.